The largest absolute Gasteiger partial charge is 0.384 e. The summed E-state index contributed by atoms with van der Waals surface area (Å²) in [5.41, 5.74) is 6.70. The summed E-state index contributed by atoms with van der Waals surface area (Å²) >= 11 is 0. The highest BCUT2D eigenvalue weighted by molar-refractivity contribution is 5.10. The van der Waals surface area contributed by atoms with Crippen LogP contribution in [0.3, 0.4) is 0 Å². The summed E-state index contributed by atoms with van der Waals surface area (Å²) in [6.07, 6.45) is 1.90. The Hall–Kier alpha value is -0.800. The highest BCUT2D eigenvalue weighted by Gasteiger charge is 2.08. The van der Waals surface area contributed by atoms with Crippen LogP contribution in [0.1, 0.15) is 11.6 Å². The van der Waals surface area contributed by atoms with Gasteiger partial charge in [0.25, 0.3) is 0 Å². The van der Waals surface area contributed by atoms with Gasteiger partial charge in [0.05, 0.1) is 6.61 Å². The standard InChI is InChI=1S/C8H14N2O/c1-11-6-7(5-9)8-3-2-4-10-8/h2-4,7,10H,5-6,9H2,1H3. The summed E-state index contributed by atoms with van der Waals surface area (Å²) in [6.45, 7) is 1.30. The van der Waals surface area contributed by atoms with E-state index in [4.69, 9.17) is 10.5 Å². The first-order chi connectivity index (χ1) is 5.38. The fourth-order valence-corrected chi connectivity index (χ4v) is 1.08. The lowest BCUT2D eigenvalue weighted by atomic mass is 10.1. The third-order valence-electron chi connectivity index (χ3n) is 1.71. The Kier molecular flexibility index (Phi) is 3.14. The Labute approximate surface area is 66.6 Å². The van der Waals surface area contributed by atoms with Crippen LogP contribution >= 0.6 is 0 Å². The fraction of sp³-hybridized carbons (Fsp3) is 0.500. The maximum atomic E-state index is 5.55. The van der Waals surface area contributed by atoms with Gasteiger partial charge >= 0.3 is 0 Å². The lowest BCUT2D eigenvalue weighted by Gasteiger charge is -2.10. The van der Waals surface area contributed by atoms with Crippen LogP contribution in [0.15, 0.2) is 18.3 Å². The molecule has 0 spiro atoms. The average molecular weight is 154 g/mol. The van der Waals surface area contributed by atoms with Gasteiger partial charge in [-0.25, -0.2) is 0 Å². The van der Waals surface area contributed by atoms with E-state index in [0.717, 1.165) is 5.69 Å². The number of aromatic amines is 1. The van der Waals surface area contributed by atoms with E-state index < -0.39 is 0 Å². The molecule has 1 atom stereocenters. The first-order valence-corrected chi connectivity index (χ1v) is 3.70. The van der Waals surface area contributed by atoms with E-state index in [2.05, 4.69) is 4.98 Å². The van der Waals surface area contributed by atoms with Crippen LogP contribution in [0, 0.1) is 0 Å². The minimum absolute atomic E-state index is 0.301. The zero-order valence-corrected chi connectivity index (χ0v) is 6.71. The number of ether oxygens (including phenoxy) is 1. The van der Waals surface area contributed by atoms with Crippen LogP contribution in [0.2, 0.25) is 0 Å². The molecule has 1 rings (SSSR count). The first-order valence-electron chi connectivity index (χ1n) is 3.70. The number of rotatable bonds is 4. The quantitative estimate of drug-likeness (QED) is 0.670. The highest BCUT2D eigenvalue weighted by Crippen LogP contribution is 2.11. The molecule has 0 amide bonds. The van der Waals surface area contributed by atoms with Crippen molar-refractivity contribution in [3.63, 3.8) is 0 Å². The number of hydrogen-bond acceptors (Lipinski definition) is 2. The molecule has 1 heterocycles. The van der Waals surface area contributed by atoms with Gasteiger partial charge in [-0.1, -0.05) is 0 Å². The third-order valence-corrected chi connectivity index (χ3v) is 1.71. The normalized spacial score (nSPS) is 13.3. The molecule has 0 aliphatic rings. The Bertz CT molecular complexity index is 184. The predicted octanol–water partition coefficient (Wildman–Crippen LogP) is 0.703. The monoisotopic (exact) mass is 154 g/mol. The summed E-state index contributed by atoms with van der Waals surface area (Å²) in [6, 6.07) is 3.99. The minimum Gasteiger partial charge on any atom is -0.384 e. The van der Waals surface area contributed by atoms with Crippen LogP contribution in [-0.2, 0) is 4.74 Å². The fourth-order valence-electron chi connectivity index (χ4n) is 1.08. The second-order valence-electron chi connectivity index (χ2n) is 2.51. The van der Waals surface area contributed by atoms with Crippen LogP contribution < -0.4 is 5.73 Å². The molecule has 3 nitrogen and oxygen atoms in total. The molecule has 0 fully saturated rings. The van der Waals surface area contributed by atoms with Gasteiger partial charge in [-0.15, -0.1) is 0 Å². The summed E-state index contributed by atoms with van der Waals surface area (Å²) in [7, 11) is 1.69. The summed E-state index contributed by atoms with van der Waals surface area (Å²) in [4.78, 5) is 3.11. The topological polar surface area (TPSA) is 51.0 Å². The molecule has 0 aromatic carbocycles. The molecule has 62 valence electrons. The Morgan fingerprint density at radius 3 is 3.00 bits per heavy atom. The summed E-state index contributed by atoms with van der Waals surface area (Å²) < 4.78 is 5.02. The van der Waals surface area contributed by atoms with Gasteiger partial charge in [0.2, 0.25) is 0 Å². The van der Waals surface area contributed by atoms with E-state index in [1.54, 1.807) is 7.11 Å². The Morgan fingerprint density at radius 2 is 2.55 bits per heavy atom. The first kappa shape index (κ1) is 8.30. The van der Waals surface area contributed by atoms with Crippen molar-refractivity contribution in [3.05, 3.63) is 24.0 Å². The van der Waals surface area contributed by atoms with E-state index in [9.17, 15) is 0 Å². The molecule has 0 saturated carbocycles. The molecule has 0 bridgehead atoms. The SMILES string of the molecule is COCC(CN)c1ccc[nH]1. The molecule has 0 aliphatic heterocycles. The molecule has 3 heteroatoms. The predicted molar refractivity (Wildman–Crippen MR) is 44.5 cm³/mol. The van der Waals surface area contributed by atoms with Crippen molar-refractivity contribution in [2.75, 3.05) is 20.3 Å². The van der Waals surface area contributed by atoms with Crippen molar-refractivity contribution in [2.24, 2.45) is 5.73 Å². The summed E-state index contributed by atoms with van der Waals surface area (Å²) in [5.74, 6) is 0.301. The molecule has 1 unspecified atom stereocenters. The molecular weight excluding hydrogens is 140 g/mol. The van der Waals surface area contributed by atoms with Crippen molar-refractivity contribution in [3.8, 4) is 0 Å². The Balaban J connectivity index is 2.56. The number of nitrogens with two attached hydrogens (primary N) is 1. The minimum atomic E-state index is 0.301. The summed E-state index contributed by atoms with van der Waals surface area (Å²) in [5, 5.41) is 0. The van der Waals surface area contributed by atoms with E-state index >= 15 is 0 Å². The van der Waals surface area contributed by atoms with Crippen molar-refractivity contribution in [1.82, 2.24) is 4.98 Å². The van der Waals surface area contributed by atoms with Gasteiger partial charge in [-0.05, 0) is 12.1 Å². The van der Waals surface area contributed by atoms with Gasteiger partial charge in [0, 0.05) is 31.5 Å². The molecule has 3 N–H and O–H groups in total. The molecule has 11 heavy (non-hydrogen) atoms. The van der Waals surface area contributed by atoms with Gasteiger partial charge in [0.15, 0.2) is 0 Å². The smallest absolute Gasteiger partial charge is 0.0557 e. The van der Waals surface area contributed by atoms with Crippen molar-refractivity contribution in [1.29, 1.82) is 0 Å². The van der Waals surface area contributed by atoms with Gasteiger partial charge in [0.1, 0.15) is 0 Å². The molecule has 0 saturated heterocycles. The van der Waals surface area contributed by atoms with E-state index in [-0.39, 0.29) is 0 Å². The zero-order chi connectivity index (χ0) is 8.10. The molecule has 1 aromatic heterocycles. The number of aromatic nitrogens is 1. The average Bonchev–Trinajstić information content (AvgIpc) is 2.52. The van der Waals surface area contributed by atoms with E-state index in [0.29, 0.717) is 19.1 Å². The lowest BCUT2D eigenvalue weighted by Crippen LogP contribution is -2.17. The number of nitrogens with one attached hydrogen (secondary N) is 1. The highest BCUT2D eigenvalue weighted by atomic mass is 16.5. The van der Waals surface area contributed by atoms with Gasteiger partial charge in [-0.2, -0.15) is 0 Å². The van der Waals surface area contributed by atoms with Gasteiger partial charge in [-0.3, -0.25) is 0 Å². The van der Waals surface area contributed by atoms with Crippen molar-refractivity contribution < 1.29 is 4.74 Å². The van der Waals surface area contributed by atoms with Gasteiger partial charge < -0.3 is 15.5 Å². The second kappa shape index (κ2) is 4.16. The zero-order valence-electron chi connectivity index (χ0n) is 6.71. The molecule has 0 aliphatic carbocycles. The maximum absolute atomic E-state index is 5.55. The van der Waals surface area contributed by atoms with Crippen LogP contribution in [0.5, 0.6) is 0 Å². The molecule has 0 radical (unpaired) electrons. The number of H-pyrrole nitrogens is 1. The Morgan fingerprint density at radius 1 is 1.73 bits per heavy atom. The third kappa shape index (κ3) is 2.06. The molecular formula is C8H14N2O. The van der Waals surface area contributed by atoms with Crippen LogP contribution in [0.4, 0.5) is 0 Å². The van der Waals surface area contributed by atoms with E-state index in [1.807, 2.05) is 18.3 Å². The van der Waals surface area contributed by atoms with E-state index in [1.165, 1.54) is 0 Å². The number of methoxy groups -OCH3 is 1. The van der Waals surface area contributed by atoms with Crippen molar-refractivity contribution in [2.45, 2.75) is 5.92 Å². The van der Waals surface area contributed by atoms with Crippen LogP contribution in [0.25, 0.3) is 0 Å². The maximum Gasteiger partial charge on any atom is 0.0557 e. The second-order valence-corrected chi connectivity index (χ2v) is 2.51. The van der Waals surface area contributed by atoms with Crippen molar-refractivity contribution >= 4 is 0 Å². The lowest BCUT2D eigenvalue weighted by molar-refractivity contribution is 0.180. The number of hydrogen-bond donors (Lipinski definition) is 2. The van der Waals surface area contributed by atoms with Crippen LogP contribution in [-0.4, -0.2) is 25.2 Å². The molecule has 1 aromatic rings.